The Morgan fingerprint density at radius 2 is 2.26 bits per heavy atom. The molecule has 120 valence electrons. The molecule has 0 saturated heterocycles. The number of rotatable bonds is 7. The van der Waals surface area contributed by atoms with Gasteiger partial charge in [0.15, 0.2) is 5.16 Å². The van der Waals surface area contributed by atoms with E-state index in [0.29, 0.717) is 5.02 Å². The van der Waals surface area contributed by atoms with Crippen LogP contribution in [-0.2, 0) is 18.7 Å². The van der Waals surface area contributed by atoms with Gasteiger partial charge < -0.3 is 9.30 Å². The molecule has 0 saturated carbocycles. The smallest absolute Gasteiger partial charge is 0.191 e. The molecule has 0 spiro atoms. The van der Waals surface area contributed by atoms with Crippen LogP contribution in [-0.4, -0.2) is 21.9 Å². The molecule has 4 nitrogen and oxygen atoms in total. The maximum atomic E-state index is 6.08. The van der Waals surface area contributed by atoms with E-state index in [1.165, 1.54) is 4.88 Å². The van der Waals surface area contributed by atoms with E-state index < -0.39 is 0 Å². The van der Waals surface area contributed by atoms with Gasteiger partial charge in [-0.05, 0) is 36.1 Å². The van der Waals surface area contributed by atoms with Gasteiger partial charge in [0.25, 0.3) is 0 Å². The van der Waals surface area contributed by atoms with E-state index in [4.69, 9.17) is 16.3 Å². The van der Waals surface area contributed by atoms with Crippen LogP contribution in [0.25, 0.3) is 0 Å². The number of halogens is 1. The highest BCUT2D eigenvalue weighted by atomic mass is 35.5. The van der Waals surface area contributed by atoms with Gasteiger partial charge in [0.2, 0.25) is 0 Å². The first-order valence-electron chi connectivity index (χ1n) is 7.11. The minimum Gasteiger partial charge on any atom is -0.496 e. The van der Waals surface area contributed by atoms with Crippen LogP contribution < -0.4 is 4.74 Å². The second-order valence-electron chi connectivity index (χ2n) is 4.88. The molecule has 2 heterocycles. The molecule has 0 atom stereocenters. The summed E-state index contributed by atoms with van der Waals surface area (Å²) in [5.74, 6) is 1.58. The number of aromatic nitrogens is 3. The molecule has 0 aliphatic carbocycles. The van der Waals surface area contributed by atoms with Gasteiger partial charge >= 0.3 is 0 Å². The SMILES string of the molecule is COc1ccc(Cl)cc1CSc1nncn1CCc1cccs1. The van der Waals surface area contributed by atoms with E-state index in [9.17, 15) is 0 Å². The number of hydrogen-bond donors (Lipinski definition) is 0. The predicted molar refractivity (Wildman–Crippen MR) is 95.6 cm³/mol. The summed E-state index contributed by atoms with van der Waals surface area (Å²) in [6, 6.07) is 9.88. The van der Waals surface area contributed by atoms with Crippen molar-refractivity contribution in [2.75, 3.05) is 7.11 Å². The standard InChI is InChI=1S/C16H16ClN3OS2/c1-21-15-5-4-13(17)9-12(15)10-23-16-19-18-11-20(16)7-6-14-3-2-8-22-14/h2-5,8-9,11H,6-7,10H2,1H3. The summed E-state index contributed by atoms with van der Waals surface area (Å²) in [7, 11) is 1.67. The molecule has 23 heavy (non-hydrogen) atoms. The lowest BCUT2D eigenvalue weighted by Crippen LogP contribution is -2.01. The summed E-state index contributed by atoms with van der Waals surface area (Å²) in [4.78, 5) is 1.37. The van der Waals surface area contributed by atoms with Gasteiger partial charge in [0.1, 0.15) is 12.1 Å². The highest BCUT2D eigenvalue weighted by Crippen LogP contribution is 2.29. The van der Waals surface area contributed by atoms with Crippen LogP contribution in [0.1, 0.15) is 10.4 Å². The quantitative estimate of drug-likeness (QED) is 0.576. The molecule has 0 aliphatic rings. The predicted octanol–water partition coefficient (Wildman–Crippen LogP) is 4.54. The summed E-state index contributed by atoms with van der Waals surface area (Å²) >= 11 is 9.49. The van der Waals surface area contributed by atoms with Gasteiger partial charge in [-0.3, -0.25) is 0 Å². The highest BCUT2D eigenvalue weighted by molar-refractivity contribution is 7.98. The van der Waals surface area contributed by atoms with E-state index in [0.717, 1.165) is 35.2 Å². The molecule has 0 aliphatic heterocycles. The summed E-state index contributed by atoms with van der Waals surface area (Å²) in [5.41, 5.74) is 1.05. The van der Waals surface area contributed by atoms with Crippen molar-refractivity contribution >= 4 is 34.7 Å². The Morgan fingerprint density at radius 3 is 3.04 bits per heavy atom. The largest absolute Gasteiger partial charge is 0.496 e. The Balaban J connectivity index is 1.65. The number of thiophene rings is 1. The van der Waals surface area contributed by atoms with E-state index in [2.05, 4.69) is 32.3 Å². The van der Waals surface area contributed by atoms with Crippen LogP contribution in [0.5, 0.6) is 5.75 Å². The van der Waals surface area contributed by atoms with Crippen molar-refractivity contribution in [2.45, 2.75) is 23.9 Å². The van der Waals surface area contributed by atoms with Crippen LogP contribution in [0, 0.1) is 0 Å². The van der Waals surface area contributed by atoms with E-state index in [-0.39, 0.29) is 0 Å². The van der Waals surface area contributed by atoms with E-state index >= 15 is 0 Å². The van der Waals surface area contributed by atoms with Crippen molar-refractivity contribution in [1.82, 2.24) is 14.8 Å². The second-order valence-corrected chi connectivity index (χ2v) is 7.29. The minimum atomic E-state index is 0.709. The minimum absolute atomic E-state index is 0.709. The first-order chi connectivity index (χ1) is 11.3. The number of aryl methyl sites for hydroxylation is 2. The summed E-state index contributed by atoms with van der Waals surface area (Å²) in [5, 5.41) is 12.0. The fourth-order valence-electron chi connectivity index (χ4n) is 2.20. The average molecular weight is 366 g/mol. The van der Waals surface area contributed by atoms with Crippen molar-refractivity contribution in [1.29, 1.82) is 0 Å². The summed E-state index contributed by atoms with van der Waals surface area (Å²) in [6.45, 7) is 0.878. The molecular formula is C16H16ClN3OS2. The Morgan fingerprint density at radius 1 is 1.35 bits per heavy atom. The molecule has 7 heteroatoms. The van der Waals surface area contributed by atoms with Gasteiger partial charge in [0, 0.05) is 27.8 Å². The van der Waals surface area contributed by atoms with Crippen molar-refractivity contribution in [2.24, 2.45) is 0 Å². The molecule has 0 amide bonds. The van der Waals surface area contributed by atoms with Gasteiger partial charge in [-0.1, -0.05) is 29.4 Å². The molecule has 0 N–H and O–H groups in total. The summed E-state index contributed by atoms with van der Waals surface area (Å²) in [6.07, 6.45) is 2.77. The third-order valence-electron chi connectivity index (χ3n) is 3.36. The van der Waals surface area contributed by atoms with E-state index in [1.807, 2.05) is 18.2 Å². The lowest BCUT2D eigenvalue weighted by atomic mass is 10.2. The van der Waals surface area contributed by atoms with Crippen molar-refractivity contribution in [3.63, 3.8) is 0 Å². The average Bonchev–Trinajstić information content (AvgIpc) is 3.22. The Bertz CT molecular complexity index is 759. The zero-order chi connectivity index (χ0) is 16.1. The third kappa shape index (κ3) is 4.28. The lowest BCUT2D eigenvalue weighted by Gasteiger charge is -2.09. The topological polar surface area (TPSA) is 39.9 Å². The summed E-state index contributed by atoms with van der Waals surface area (Å²) < 4.78 is 7.47. The van der Waals surface area contributed by atoms with Crippen LogP contribution in [0.2, 0.25) is 5.02 Å². The maximum Gasteiger partial charge on any atom is 0.191 e. The number of ether oxygens (including phenoxy) is 1. The van der Waals surface area contributed by atoms with E-state index in [1.54, 1.807) is 36.5 Å². The maximum absolute atomic E-state index is 6.08. The Labute approximate surface area is 148 Å². The van der Waals surface area contributed by atoms with Gasteiger partial charge in [-0.2, -0.15) is 0 Å². The molecular weight excluding hydrogens is 350 g/mol. The van der Waals surface area contributed by atoms with Gasteiger partial charge in [-0.15, -0.1) is 21.5 Å². The van der Waals surface area contributed by atoms with Crippen LogP contribution in [0.3, 0.4) is 0 Å². The molecule has 1 aromatic carbocycles. The van der Waals surface area contributed by atoms with Crippen molar-refractivity contribution in [3.05, 3.63) is 57.5 Å². The lowest BCUT2D eigenvalue weighted by molar-refractivity contribution is 0.411. The highest BCUT2D eigenvalue weighted by Gasteiger charge is 2.09. The van der Waals surface area contributed by atoms with Crippen LogP contribution in [0.4, 0.5) is 0 Å². The normalized spacial score (nSPS) is 10.9. The third-order valence-corrected chi connectivity index (χ3v) is 5.56. The van der Waals surface area contributed by atoms with Gasteiger partial charge in [0.05, 0.1) is 7.11 Å². The Kier molecular flexibility index (Phi) is 5.59. The number of thioether (sulfide) groups is 1. The molecule has 0 unspecified atom stereocenters. The fourth-order valence-corrected chi connectivity index (χ4v) is 4.01. The zero-order valence-electron chi connectivity index (χ0n) is 12.6. The Hall–Kier alpha value is -1.50. The molecule has 0 bridgehead atoms. The first kappa shape index (κ1) is 16.4. The zero-order valence-corrected chi connectivity index (χ0v) is 15.0. The van der Waals surface area contributed by atoms with Crippen LogP contribution >= 0.6 is 34.7 Å². The number of methoxy groups -OCH3 is 1. The molecule has 2 aromatic heterocycles. The fraction of sp³-hybridized carbons (Fsp3) is 0.250. The van der Waals surface area contributed by atoms with Gasteiger partial charge in [-0.25, -0.2) is 0 Å². The number of benzene rings is 1. The molecule has 3 rings (SSSR count). The van der Waals surface area contributed by atoms with Crippen molar-refractivity contribution in [3.8, 4) is 5.75 Å². The second kappa shape index (κ2) is 7.86. The van der Waals surface area contributed by atoms with Crippen molar-refractivity contribution < 1.29 is 4.74 Å². The molecule has 0 radical (unpaired) electrons. The van der Waals surface area contributed by atoms with Crippen LogP contribution in [0.15, 0.2) is 47.2 Å². The number of hydrogen-bond acceptors (Lipinski definition) is 5. The molecule has 3 aromatic rings. The molecule has 0 fully saturated rings. The first-order valence-corrected chi connectivity index (χ1v) is 9.36. The monoisotopic (exact) mass is 365 g/mol. The number of nitrogens with zero attached hydrogens (tertiary/aromatic N) is 3.